The van der Waals surface area contributed by atoms with Crippen molar-refractivity contribution in [2.24, 2.45) is 12.2 Å². The SMILES string of the molecule is [3H]c1cccc(/C=N/O)[n+]1C.[I-]. The molecule has 4 heteroatoms. The van der Waals surface area contributed by atoms with Crippen LogP contribution in [-0.2, 0) is 7.05 Å². The summed E-state index contributed by atoms with van der Waals surface area (Å²) in [4.78, 5) is 0. The lowest BCUT2D eigenvalue weighted by Gasteiger charge is -1.88. The van der Waals surface area contributed by atoms with Crippen LogP contribution in [0.5, 0.6) is 0 Å². The van der Waals surface area contributed by atoms with Gasteiger partial charge in [-0.1, -0.05) is 5.16 Å². The topological polar surface area (TPSA) is 36.5 Å². The fraction of sp³-hybridized carbons (Fsp3) is 0.143. The van der Waals surface area contributed by atoms with E-state index in [1.807, 2.05) is 0 Å². The first-order valence-corrected chi connectivity index (χ1v) is 2.89. The monoisotopic (exact) mass is 266 g/mol. The van der Waals surface area contributed by atoms with Gasteiger partial charge in [0.1, 0.15) is 14.6 Å². The molecule has 1 N–H and O–H groups in total. The highest BCUT2D eigenvalue weighted by Crippen LogP contribution is 1.84. The molecule has 0 unspecified atom stereocenters. The third kappa shape index (κ3) is 2.83. The van der Waals surface area contributed by atoms with Crippen LogP contribution < -0.4 is 28.5 Å². The first kappa shape index (κ1) is 8.45. The minimum absolute atomic E-state index is 0. The van der Waals surface area contributed by atoms with E-state index in [-0.39, 0.29) is 24.0 Å². The van der Waals surface area contributed by atoms with Gasteiger partial charge in [-0.15, -0.1) is 0 Å². The van der Waals surface area contributed by atoms with Crippen molar-refractivity contribution < 1.29 is 35.1 Å². The summed E-state index contributed by atoms with van der Waals surface area (Å²) in [5, 5.41) is 11.1. The molecule has 0 saturated heterocycles. The Morgan fingerprint density at radius 1 is 1.73 bits per heavy atom. The van der Waals surface area contributed by atoms with E-state index in [9.17, 15) is 0 Å². The lowest BCUT2D eigenvalue weighted by molar-refractivity contribution is -0.672. The Kier molecular flexibility index (Phi) is 3.89. The van der Waals surface area contributed by atoms with Crippen LogP contribution in [0, 0.1) is 0 Å². The second kappa shape index (κ2) is 5.06. The molecule has 0 bridgehead atoms. The van der Waals surface area contributed by atoms with Gasteiger partial charge in [-0.2, -0.15) is 0 Å². The molecule has 0 aromatic carbocycles. The van der Waals surface area contributed by atoms with Crippen LogP contribution in [0.2, 0.25) is 0 Å². The molecule has 1 aromatic heterocycles. The van der Waals surface area contributed by atoms with Crippen molar-refractivity contribution in [1.29, 1.82) is 0 Å². The average Bonchev–Trinajstić information content (AvgIpc) is 1.99. The summed E-state index contributed by atoms with van der Waals surface area (Å²) in [6.07, 6.45) is 1.67. The summed E-state index contributed by atoms with van der Waals surface area (Å²) in [6, 6.07) is 5.16. The molecule has 0 fully saturated rings. The molecule has 1 aromatic rings. The molecule has 0 aliphatic rings. The van der Waals surface area contributed by atoms with Gasteiger partial charge in [0.15, 0.2) is 6.17 Å². The van der Waals surface area contributed by atoms with Crippen LogP contribution in [0.15, 0.2) is 29.5 Å². The van der Waals surface area contributed by atoms with E-state index in [0.717, 1.165) is 0 Å². The Morgan fingerprint density at radius 3 is 3.09 bits per heavy atom. The van der Waals surface area contributed by atoms with Gasteiger partial charge in [0, 0.05) is 12.1 Å². The molecule has 11 heavy (non-hydrogen) atoms. The zero-order valence-electron chi connectivity index (χ0n) is 7.03. The van der Waals surface area contributed by atoms with E-state index in [1.165, 1.54) is 6.21 Å². The number of nitrogens with zero attached hydrogens (tertiary/aromatic N) is 2. The number of pyridine rings is 1. The zero-order chi connectivity index (χ0) is 8.27. The number of oxime groups is 1. The largest absolute Gasteiger partial charge is 1.00 e. The summed E-state index contributed by atoms with van der Waals surface area (Å²) in [5.41, 5.74) is 0.694. The molecule has 0 atom stereocenters. The van der Waals surface area contributed by atoms with E-state index < -0.39 is 0 Å². The van der Waals surface area contributed by atoms with Crippen molar-refractivity contribution in [3.05, 3.63) is 30.1 Å². The Balaban J connectivity index is 0.00000121. The summed E-state index contributed by atoms with van der Waals surface area (Å²) in [7, 11) is 1.74. The predicted octanol–water partition coefficient (Wildman–Crippen LogP) is -2.68. The van der Waals surface area contributed by atoms with E-state index in [1.54, 1.807) is 29.8 Å². The molecule has 1 rings (SSSR count). The second-order valence-corrected chi connectivity index (χ2v) is 1.88. The van der Waals surface area contributed by atoms with E-state index >= 15 is 0 Å². The minimum atomic E-state index is 0. The lowest BCUT2D eigenvalue weighted by atomic mass is 10.4. The van der Waals surface area contributed by atoms with Crippen molar-refractivity contribution in [2.45, 2.75) is 0 Å². The molecule has 0 aliphatic carbocycles. The molecular weight excluding hydrogens is 255 g/mol. The highest BCUT2D eigenvalue weighted by molar-refractivity contribution is 5.74. The van der Waals surface area contributed by atoms with Crippen molar-refractivity contribution in [2.75, 3.05) is 0 Å². The van der Waals surface area contributed by atoms with Gasteiger partial charge < -0.3 is 29.2 Å². The molecular formula is C7H9IN2O. The van der Waals surface area contributed by atoms with Crippen LogP contribution in [0.4, 0.5) is 0 Å². The molecule has 1 heterocycles. The Morgan fingerprint density at radius 2 is 2.45 bits per heavy atom. The standard InChI is InChI=1S/C7H8N2O.HI/c1-9-5-3-2-4-7(9)6-8-10;/h2-6H,1H3;1H/i5T;. The van der Waals surface area contributed by atoms with Gasteiger partial charge >= 0.3 is 0 Å². The first-order valence-electron chi connectivity index (χ1n) is 3.39. The van der Waals surface area contributed by atoms with Crippen molar-refractivity contribution in [1.82, 2.24) is 0 Å². The fourth-order valence-electron chi connectivity index (χ4n) is 0.677. The van der Waals surface area contributed by atoms with E-state index in [2.05, 4.69) is 5.16 Å². The summed E-state index contributed by atoms with van der Waals surface area (Å²) >= 11 is 0. The van der Waals surface area contributed by atoms with E-state index in [0.29, 0.717) is 11.9 Å². The number of hydrogen-bond donors (Lipinski definition) is 1. The maximum atomic E-state index is 8.23. The highest BCUT2D eigenvalue weighted by Gasteiger charge is 1.98. The fourth-order valence-corrected chi connectivity index (χ4v) is 0.677. The van der Waals surface area contributed by atoms with Crippen molar-refractivity contribution in [3.8, 4) is 0 Å². The van der Waals surface area contributed by atoms with Gasteiger partial charge in [0.25, 0.3) is 0 Å². The molecule has 0 aliphatic heterocycles. The summed E-state index contributed by atoms with van der Waals surface area (Å²) < 4.78 is 8.97. The van der Waals surface area contributed by atoms with Crippen LogP contribution in [0.25, 0.3) is 0 Å². The zero-order valence-corrected chi connectivity index (χ0v) is 8.19. The van der Waals surface area contributed by atoms with Crippen LogP contribution in [0.3, 0.4) is 0 Å². The number of aromatic nitrogens is 1. The van der Waals surface area contributed by atoms with Gasteiger partial charge in [-0.05, 0) is 6.07 Å². The Labute approximate surface area is 83.8 Å². The Hall–Kier alpha value is -0.650. The Bertz CT molecular complexity index is 291. The van der Waals surface area contributed by atoms with Crippen LogP contribution in [0.1, 0.15) is 7.06 Å². The van der Waals surface area contributed by atoms with E-state index in [4.69, 9.17) is 6.58 Å². The summed E-state index contributed by atoms with van der Waals surface area (Å²) in [6.45, 7) is 0. The smallest absolute Gasteiger partial charge is 0.226 e. The maximum Gasteiger partial charge on any atom is 0.226 e. The predicted molar refractivity (Wildman–Crippen MR) is 37.0 cm³/mol. The highest BCUT2D eigenvalue weighted by atomic mass is 127. The van der Waals surface area contributed by atoms with Gasteiger partial charge in [0.2, 0.25) is 5.69 Å². The number of rotatable bonds is 1. The maximum absolute atomic E-state index is 8.23. The van der Waals surface area contributed by atoms with Gasteiger partial charge in [-0.25, -0.2) is 4.57 Å². The average molecular weight is 266 g/mol. The second-order valence-electron chi connectivity index (χ2n) is 1.88. The molecule has 0 amide bonds. The van der Waals surface area contributed by atoms with Gasteiger partial charge in [0.05, 0.1) is 0 Å². The van der Waals surface area contributed by atoms with Crippen LogP contribution in [-0.4, -0.2) is 11.4 Å². The van der Waals surface area contributed by atoms with Crippen molar-refractivity contribution >= 4 is 6.21 Å². The third-order valence-corrected chi connectivity index (χ3v) is 1.21. The molecule has 3 nitrogen and oxygen atoms in total. The normalized spacial score (nSPS) is 10.8. The number of halogens is 1. The lowest BCUT2D eigenvalue weighted by Crippen LogP contribution is -3.00. The third-order valence-electron chi connectivity index (χ3n) is 1.21. The van der Waals surface area contributed by atoms with Crippen molar-refractivity contribution in [3.63, 3.8) is 0 Å². The summed E-state index contributed by atoms with van der Waals surface area (Å²) in [5.74, 6) is 0. The molecule has 0 saturated carbocycles. The minimum Gasteiger partial charge on any atom is -1.00 e. The molecule has 0 radical (unpaired) electrons. The van der Waals surface area contributed by atoms with Crippen LogP contribution >= 0.6 is 0 Å². The van der Waals surface area contributed by atoms with Gasteiger partial charge in [-0.3, -0.25) is 0 Å². The first-order chi connectivity index (χ1) is 5.25. The number of hydrogen-bond acceptors (Lipinski definition) is 2. The molecule has 0 spiro atoms. The quantitative estimate of drug-likeness (QED) is 0.194. The molecule has 60 valence electrons.